The highest BCUT2D eigenvalue weighted by molar-refractivity contribution is 9.10. The fourth-order valence-electron chi connectivity index (χ4n) is 2.86. The van der Waals surface area contributed by atoms with Crippen LogP contribution >= 0.6 is 15.9 Å². The van der Waals surface area contributed by atoms with Crippen molar-refractivity contribution >= 4 is 27.3 Å². The molecule has 1 aromatic carbocycles. The third-order valence-electron chi connectivity index (χ3n) is 4.17. The highest BCUT2D eigenvalue weighted by Gasteiger charge is 2.15. The number of unbranched alkanes of at least 4 members (excludes halogenated alkanes) is 1. The number of pyridine rings is 1. The first-order valence-corrected chi connectivity index (χ1v) is 9.08. The molecular formula is C19H23BrN4. The smallest absolute Gasteiger partial charge is 0.137 e. The standard InChI is InChI=1S/C19H23BrN4/c1-3-4-11-23(2)13-17-19(14-5-7-15(20)8-6-14)22-18-10-9-16(21)12-24(17)18/h5-10,12H,3-4,11,13,21H2,1-2H3. The van der Waals surface area contributed by atoms with Crippen LogP contribution in [0.4, 0.5) is 5.69 Å². The zero-order valence-electron chi connectivity index (χ0n) is 14.2. The first-order chi connectivity index (χ1) is 11.6. The molecule has 0 atom stereocenters. The lowest BCUT2D eigenvalue weighted by Crippen LogP contribution is -2.20. The van der Waals surface area contributed by atoms with Crippen molar-refractivity contribution in [1.29, 1.82) is 0 Å². The maximum Gasteiger partial charge on any atom is 0.137 e. The highest BCUT2D eigenvalue weighted by atomic mass is 79.9. The van der Waals surface area contributed by atoms with Gasteiger partial charge in [0.1, 0.15) is 5.65 Å². The second-order valence-corrected chi connectivity index (χ2v) is 7.11. The number of fused-ring (bicyclic) bond motifs is 1. The zero-order chi connectivity index (χ0) is 17.1. The van der Waals surface area contributed by atoms with Gasteiger partial charge in [0, 0.05) is 28.5 Å². The number of hydrogen-bond acceptors (Lipinski definition) is 3. The fraction of sp³-hybridized carbons (Fsp3) is 0.316. The molecule has 0 fully saturated rings. The maximum atomic E-state index is 6.00. The van der Waals surface area contributed by atoms with E-state index in [0.717, 1.165) is 40.2 Å². The molecule has 5 heteroatoms. The molecule has 0 radical (unpaired) electrons. The monoisotopic (exact) mass is 386 g/mol. The van der Waals surface area contributed by atoms with Crippen molar-refractivity contribution in [2.24, 2.45) is 0 Å². The lowest BCUT2D eigenvalue weighted by molar-refractivity contribution is 0.316. The Kier molecular flexibility index (Phi) is 5.21. The summed E-state index contributed by atoms with van der Waals surface area (Å²) in [5.74, 6) is 0. The average Bonchev–Trinajstić information content (AvgIpc) is 2.91. The highest BCUT2D eigenvalue weighted by Crippen LogP contribution is 2.27. The Morgan fingerprint density at radius 2 is 1.92 bits per heavy atom. The van der Waals surface area contributed by atoms with E-state index in [2.05, 4.69) is 63.5 Å². The van der Waals surface area contributed by atoms with Crippen molar-refractivity contribution in [3.05, 3.63) is 52.8 Å². The summed E-state index contributed by atoms with van der Waals surface area (Å²) >= 11 is 3.50. The van der Waals surface area contributed by atoms with Gasteiger partial charge in [-0.25, -0.2) is 4.98 Å². The number of benzene rings is 1. The predicted molar refractivity (Wildman–Crippen MR) is 104 cm³/mol. The molecule has 3 rings (SSSR count). The van der Waals surface area contributed by atoms with Crippen molar-refractivity contribution in [3.63, 3.8) is 0 Å². The number of imidazole rings is 1. The number of nitrogen functional groups attached to an aromatic ring is 1. The summed E-state index contributed by atoms with van der Waals surface area (Å²) in [4.78, 5) is 7.20. The van der Waals surface area contributed by atoms with Crippen molar-refractivity contribution < 1.29 is 0 Å². The van der Waals surface area contributed by atoms with Gasteiger partial charge >= 0.3 is 0 Å². The third-order valence-corrected chi connectivity index (χ3v) is 4.70. The molecule has 126 valence electrons. The number of halogens is 1. The van der Waals surface area contributed by atoms with Crippen molar-refractivity contribution in [3.8, 4) is 11.3 Å². The van der Waals surface area contributed by atoms with Gasteiger partial charge in [-0.15, -0.1) is 0 Å². The van der Waals surface area contributed by atoms with Gasteiger partial charge in [-0.2, -0.15) is 0 Å². The van der Waals surface area contributed by atoms with Gasteiger partial charge in [-0.1, -0.05) is 41.4 Å². The minimum atomic E-state index is 0.750. The summed E-state index contributed by atoms with van der Waals surface area (Å²) in [6.07, 6.45) is 4.36. The van der Waals surface area contributed by atoms with Crippen molar-refractivity contribution in [2.45, 2.75) is 26.3 Å². The van der Waals surface area contributed by atoms with E-state index in [9.17, 15) is 0 Å². The van der Waals surface area contributed by atoms with Gasteiger partial charge in [-0.05, 0) is 44.3 Å². The SMILES string of the molecule is CCCCN(C)Cc1c(-c2ccc(Br)cc2)nc2ccc(N)cn12. The van der Waals surface area contributed by atoms with Gasteiger partial charge in [0.15, 0.2) is 0 Å². The molecule has 0 aliphatic rings. The molecule has 0 saturated heterocycles. The first-order valence-electron chi connectivity index (χ1n) is 8.29. The van der Waals surface area contributed by atoms with Crippen LogP contribution in [-0.2, 0) is 6.54 Å². The number of anilines is 1. The van der Waals surface area contributed by atoms with E-state index in [1.165, 1.54) is 18.5 Å². The van der Waals surface area contributed by atoms with Crippen LogP contribution < -0.4 is 5.73 Å². The number of aromatic nitrogens is 2. The van der Waals surface area contributed by atoms with Gasteiger partial charge < -0.3 is 15.0 Å². The Morgan fingerprint density at radius 1 is 1.17 bits per heavy atom. The summed E-state index contributed by atoms with van der Waals surface area (Å²) in [6, 6.07) is 12.2. The predicted octanol–water partition coefficient (Wildman–Crippen LogP) is 4.58. The Hall–Kier alpha value is -1.85. The molecule has 0 amide bonds. The quantitative estimate of drug-likeness (QED) is 0.674. The van der Waals surface area contributed by atoms with Crippen LogP contribution in [0.2, 0.25) is 0 Å². The molecule has 0 aliphatic carbocycles. The lowest BCUT2D eigenvalue weighted by Gasteiger charge is -2.17. The lowest BCUT2D eigenvalue weighted by atomic mass is 10.1. The molecule has 0 spiro atoms. The van der Waals surface area contributed by atoms with E-state index in [4.69, 9.17) is 10.7 Å². The largest absolute Gasteiger partial charge is 0.398 e. The van der Waals surface area contributed by atoms with Gasteiger partial charge in [-0.3, -0.25) is 0 Å². The van der Waals surface area contributed by atoms with E-state index >= 15 is 0 Å². The molecule has 0 unspecified atom stereocenters. The van der Waals surface area contributed by atoms with Gasteiger partial charge in [0.25, 0.3) is 0 Å². The zero-order valence-corrected chi connectivity index (χ0v) is 15.8. The molecule has 2 N–H and O–H groups in total. The van der Waals surface area contributed by atoms with Gasteiger partial charge in [0.2, 0.25) is 0 Å². The molecule has 3 aromatic rings. The second-order valence-electron chi connectivity index (χ2n) is 6.20. The summed E-state index contributed by atoms with van der Waals surface area (Å²) in [6.45, 7) is 4.14. The summed E-state index contributed by atoms with van der Waals surface area (Å²) < 4.78 is 3.19. The molecule has 24 heavy (non-hydrogen) atoms. The molecule has 4 nitrogen and oxygen atoms in total. The topological polar surface area (TPSA) is 46.6 Å². The molecule has 2 aromatic heterocycles. The van der Waals surface area contributed by atoms with E-state index in [0.29, 0.717) is 0 Å². The van der Waals surface area contributed by atoms with Crippen LogP contribution in [0.15, 0.2) is 47.1 Å². The third kappa shape index (κ3) is 3.62. The number of nitrogens with zero attached hydrogens (tertiary/aromatic N) is 3. The van der Waals surface area contributed by atoms with Crippen LogP contribution in [0, 0.1) is 0 Å². The van der Waals surface area contributed by atoms with Crippen molar-refractivity contribution in [1.82, 2.24) is 14.3 Å². The van der Waals surface area contributed by atoms with E-state index in [-0.39, 0.29) is 0 Å². The molecule has 0 bridgehead atoms. The summed E-state index contributed by atoms with van der Waals surface area (Å²) in [5, 5.41) is 0. The van der Waals surface area contributed by atoms with Gasteiger partial charge in [0.05, 0.1) is 11.4 Å². The van der Waals surface area contributed by atoms with E-state index in [1.54, 1.807) is 0 Å². The van der Waals surface area contributed by atoms with E-state index < -0.39 is 0 Å². The Balaban J connectivity index is 2.06. The number of rotatable bonds is 6. The minimum Gasteiger partial charge on any atom is -0.398 e. The molecule has 0 aliphatic heterocycles. The average molecular weight is 387 g/mol. The maximum absolute atomic E-state index is 6.00. The Bertz CT molecular complexity index is 823. The minimum absolute atomic E-state index is 0.750. The molecule has 2 heterocycles. The van der Waals surface area contributed by atoms with Crippen LogP contribution in [0.5, 0.6) is 0 Å². The second kappa shape index (κ2) is 7.36. The fourth-order valence-corrected chi connectivity index (χ4v) is 3.13. The van der Waals surface area contributed by atoms with Crippen LogP contribution in [0.1, 0.15) is 25.5 Å². The van der Waals surface area contributed by atoms with Crippen LogP contribution in [0.3, 0.4) is 0 Å². The van der Waals surface area contributed by atoms with Crippen LogP contribution in [0.25, 0.3) is 16.9 Å². The number of nitrogens with two attached hydrogens (primary N) is 1. The van der Waals surface area contributed by atoms with Crippen LogP contribution in [-0.4, -0.2) is 27.9 Å². The Morgan fingerprint density at radius 3 is 2.62 bits per heavy atom. The van der Waals surface area contributed by atoms with E-state index in [1.807, 2.05) is 18.3 Å². The molecular weight excluding hydrogens is 364 g/mol. The summed E-state index contributed by atoms with van der Waals surface area (Å²) in [5.41, 5.74) is 11.0. The van der Waals surface area contributed by atoms with Crippen molar-refractivity contribution in [2.75, 3.05) is 19.3 Å². The Labute approximate surface area is 151 Å². The first kappa shape index (κ1) is 17.0. The number of hydrogen-bond donors (Lipinski definition) is 1. The normalized spacial score (nSPS) is 11.5. The summed E-state index contributed by atoms with van der Waals surface area (Å²) in [7, 11) is 2.16. The molecule has 0 saturated carbocycles.